The number of carbonyl (C=O) groups excluding carboxylic acids is 1. The Kier molecular flexibility index (Phi) is 4.67. The van der Waals surface area contributed by atoms with Crippen molar-refractivity contribution >= 4 is 11.7 Å². The Labute approximate surface area is 153 Å². The van der Waals surface area contributed by atoms with Gasteiger partial charge in [0.25, 0.3) is 0 Å². The van der Waals surface area contributed by atoms with Gasteiger partial charge in [-0.05, 0) is 37.3 Å². The molecule has 136 valence electrons. The maximum absolute atomic E-state index is 12.4. The normalized spacial score (nSPS) is 16.6. The Bertz CT molecular complexity index is 783. The lowest BCUT2D eigenvalue weighted by Gasteiger charge is -2.32. The van der Waals surface area contributed by atoms with Gasteiger partial charge in [0.15, 0.2) is 11.5 Å². The number of benzene rings is 2. The smallest absolute Gasteiger partial charge is 0.322 e. The van der Waals surface area contributed by atoms with E-state index in [0.717, 1.165) is 49.9 Å². The topological polar surface area (TPSA) is 55.2 Å². The third-order valence-electron chi connectivity index (χ3n) is 4.95. The minimum absolute atomic E-state index is 0.0176. The third-order valence-corrected chi connectivity index (χ3v) is 4.95. The van der Waals surface area contributed by atoms with Crippen LogP contribution in [-0.4, -0.2) is 43.9 Å². The van der Waals surface area contributed by atoms with Gasteiger partial charge < -0.3 is 24.6 Å². The number of piperazine rings is 1. The first-order valence-electron chi connectivity index (χ1n) is 9.02. The summed E-state index contributed by atoms with van der Waals surface area (Å²) in [7, 11) is 0. The van der Waals surface area contributed by atoms with Crippen LogP contribution in [0.1, 0.15) is 11.1 Å². The van der Waals surface area contributed by atoms with E-state index in [1.54, 1.807) is 0 Å². The number of rotatable bonds is 3. The minimum atomic E-state index is -0.0176. The monoisotopic (exact) mass is 354 g/mol. The number of hydrogen-bond donors (Lipinski definition) is 2. The zero-order chi connectivity index (χ0) is 17.9. The van der Waals surface area contributed by atoms with Gasteiger partial charge >= 0.3 is 6.03 Å². The number of anilines is 1. The Balaban J connectivity index is 1.28. The first-order chi connectivity index (χ1) is 12.7. The number of amides is 2. The second kappa shape index (κ2) is 7.25. The van der Waals surface area contributed by atoms with E-state index in [2.05, 4.69) is 17.4 Å². The highest BCUT2D eigenvalue weighted by Gasteiger charge is 2.24. The van der Waals surface area contributed by atoms with E-state index >= 15 is 0 Å². The molecule has 0 radical (unpaired) electrons. The molecule has 4 rings (SSSR count). The highest BCUT2D eigenvalue weighted by molar-refractivity contribution is 5.89. The van der Waals surface area contributed by atoms with Gasteiger partial charge in [0, 0.05) is 11.3 Å². The molecule has 0 bridgehead atoms. The van der Waals surface area contributed by atoms with Gasteiger partial charge in [-0.3, -0.25) is 0 Å². The van der Waals surface area contributed by atoms with Crippen LogP contribution < -0.4 is 19.7 Å². The van der Waals surface area contributed by atoms with E-state index in [1.807, 2.05) is 42.2 Å². The summed E-state index contributed by atoms with van der Waals surface area (Å²) in [5, 5.41) is 2.98. The average Bonchev–Trinajstić information content (AvgIpc) is 3.12. The number of ether oxygens (including phenoxy) is 2. The molecule has 2 aromatic rings. The molecule has 1 saturated heterocycles. The lowest BCUT2D eigenvalue weighted by Crippen LogP contribution is -3.13. The molecule has 0 aromatic heterocycles. The molecule has 26 heavy (non-hydrogen) atoms. The van der Waals surface area contributed by atoms with Crippen molar-refractivity contribution in [1.82, 2.24) is 4.90 Å². The zero-order valence-electron chi connectivity index (χ0n) is 15.0. The largest absolute Gasteiger partial charge is 0.454 e. The number of quaternary nitrogens is 1. The Hall–Kier alpha value is -2.73. The number of hydrogen-bond acceptors (Lipinski definition) is 3. The molecule has 0 saturated carbocycles. The summed E-state index contributed by atoms with van der Waals surface area (Å²) in [6.07, 6.45) is 0. The fourth-order valence-electron chi connectivity index (χ4n) is 3.38. The molecule has 2 amide bonds. The second-order valence-corrected chi connectivity index (χ2v) is 6.90. The molecule has 0 unspecified atom stereocenters. The van der Waals surface area contributed by atoms with Crippen molar-refractivity contribution in [2.24, 2.45) is 0 Å². The summed E-state index contributed by atoms with van der Waals surface area (Å²) >= 11 is 0. The van der Waals surface area contributed by atoms with Crippen molar-refractivity contribution < 1.29 is 19.2 Å². The molecule has 2 heterocycles. The van der Waals surface area contributed by atoms with Gasteiger partial charge in [0.1, 0.15) is 6.54 Å². The zero-order valence-corrected chi connectivity index (χ0v) is 15.0. The highest BCUT2D eigenvalue weighted by atomic mass is 16.7. The van der Waals surface area contributed by atoms with Crippen LogP contribution in [-0.2, 0) is 6.54 Å². The van der Waals surface area contributed by atoms with Crippen LogP contribution in [0.25, 0.3) is 0 Å². The quantitative estimate of drug-likeness (QED) is 0.881. The van der Waals surface area contributed by atoms with E-state index in [4.69, 9.17) is 9.47 Å². The van der Waals surface area contributed by atoms with Gasteiger partial charge in [-0.15, -0.1) is 0 Å². The first kappa shape index (κ1) is 16.7. The fourth-order valence-corrected chi connectivity index (χ4v) is 3.38. The van der Waals surface area contributed by atoms with Gasteiger partial charge in [-0.1, -0.05) is 17.7 Å². The summed E-state index contributed by atoms with van der Waals surface area (Å²) in [6, 6.07) is 14.0. The van der Waals surface area contributed by atoms with Gasteiger partial charge in [-0.2, -0.15) is 0 Å². The Morgan fingerprint density at radius 1 is 1.08 bits per heavy atom. The van der Waals surface area contributed by atoms with E-state index in [9.17, 15) is 4.79 Å². The SMILES string of the molecule is Cc1ccc(NC(=O)N2CC[NH+](Cc3ccc4c(c3)OCO4)CC2)cc1. The van der Waals surface area contributed by atoms with Crippen LogP contribution in [0.5, 0.6) is 11.5 Å². The standard InChI is InChI=1S/C20H23N3O3/c1-15-2-5-17(6-3-15)21-20(24)23-10-8-22(9-11-23)13-16-4-7-18-19(12-16)26-14-25-18/h2-7,12H,8-11,13-14H2,1H3,(H,21,24)/p+1. The number of nitrogens with zero attached hydrogens (tertiary/aromatic N) is 1. The lowest BCUT2D eigenvalue weighted by molar-refractivity contribution is -0.917. The van der Waals surface area contributed by atoms with Crippen molar-refractivity contribution in [3.05, 3.63) is 53.6 Å². The first-order valence-corrected chi connectivity index (χ1v) is 9.02. The summed E-state index contributed by atoms with van der Waals surface area (Å²) in [6.45, 7) is 6.68. The van der Waals surface area contributed by atoms with E-state index in [1.165, 1.54) is 16.0 Å². The number of aryl methyl sites for hydroxylation is 1. The predicted molar refractivity (Wildman–Crippen MR) is 98.7 cm³/mol. The lowest BCUT2D eigenvalue weighted by atomic mass is 10.1. The highest BCUT2D eigenvalue weighted by Crippen LogP contribution is 2.32. The van der Waals surface area contributed by atoms with Crippen molar-refractivity contribution in [2.45, 2.75) is 13.5 Å². The predicted octanol–water partition coefficient (Wildman–Crippen LogP) is 1.66. The summed E-state index contributed by atoms with van der Waals surface area (Å²) in [5.74, 6) is 1.65. The van der Waals surface area contributed by atoms with Crippen molar-refractivity contribution in [1.29, 1.82) is 0 Å². The van der Waals surface area contributed by atoms with Crippen molar-refractivity contribution in [2.75, 3.05) is 38.3 Å². The van der Waals surface area contributed by atoms with E-state index in [0.29, 0.717) is 6.79 Å². The molecule has 0 atom stereocenters. The van der Waals surface area contributed by atoms with Crippen LogP contribution in [0.3, 0.4) is 0 Å². The molecule has 6 nitrogen and oxygen atoms in total. The molecule has 0 aliphatic carbocycles. The van der Waals surface area contributed by atoms with Crippen LogP contribution in [0.4, 0.5) is 10.5 Å². The summed E-state index contributed by atoms with van der Waals surface area (Å²) < 4.78 is 10.8. The molecular formula is C20H24N3O3+. The number of carbonyl (C=O) groups is 1. The molecule has 2 N–H and O–H groups in total. The molecule has 2 aliphatic rings. The fraction of sp³-hybridized carbons (Fsp3) is 0.350. The molecule has 2 aromatic carbocycles. The molecule has 1 fully saturated rings. The molecule has 2 aliphatic heterocycles. The Morgan fingerprint density at radius 3 is 2.58 bits per heavy atom. The van der Waals surface area contributed by atoms with Gasteiger partial charge in [0.05, 0.1) is 26.2 Å². The number of fused-ring (bicyclic) bond motifs is 1. The van der Waals surface area contributed by atoms with Crippen molar-refractivity contribution in [3.8, 4) is 11.5 Å². The van der Waals surface area contributed by atoms with Gasteiger partial charge in [0.2, 0.25) is 6.79 Å². The number of nitrogens with one attached hydrogen (secondary N) is 2. The molecular weight excluding hydrogens is 330 g/mol. The van der Waals surface area contributed by atoms with Crippen LogP contribution in [0, 0.1) is 6.92 Å². The molecule has 6 heteroatoms. The van der Waals surface area contributed by atoms with E-state index in [-0.39, 0.29) is 6.03 Å². The maximum Gasteiger partial charge on any atom is 0.322 e. The second-order valence-electron chi connectivity index (χ2n) is 6.90. The van der Waals surface area contributed by atoms with Crippen LogP contribution in [0.2, 0.25) is 0 Å². The summed E-state index contributed by atoms with van der Waals surface area (Å²) in [5.41, 5.74) is 3.27. The minimum Gasteiger partial charge on any atom is -0.454 e. The van der Waals surface area contributed by atoms with Crippen molar-refractivity contribution in [3.63, 3.8) is 0 Å². The summed E-state index contributed by atoms with van der Waals surface area (Å²) in [4.78, 5) is 15.8. The third kappa shape index (κ3) is 3.75. The Morgan fingerprint density at radius 2 is 1.81 bits per heavy atom. The van der Waals surface area contributed by atoms with Crippen LogP contribution in [0.15, 0.2) is 42.5 Å². The van der Waals surface area contributed by atoms with Gasteiger partial charge in [-0.25, -0.2) is 4.79 Å². The van der Waals surface area contributed by atoms with E-state index < -0.39 is 0 Å². The molecule has 0 spiro atoms. The number of urea groups is 1. The maximum atomic E-state index is 12.4. The van der Waals surface area contributed by atoms with Crippen LogP contribution >= 0.6 is 0 Å². The average molecular weight is 354 g/mol.